The number of aryl methyl sites for hydroxylation is 1. The van der Waals surface area contributed by atoms with E-state index in [4.69, 9.17) is 0 Å². The first kappa shape index (κ1) is 13.4. The molecule has 0 saturated carbocycles. The van der Waals surface area contributed by atoms with E-state index >= 15 is 0 Å². The number of rotatable bonds is 2. The van der Waals surface area contributed by atoms with Crippen molar-refractivity contribution >= 4 is 44.0 Å². The van der Waals surface area contributed by atoms with Crippen molar-refractivity contribution in [2.24, 2.45) is 10.9 Å². The third kappa shape index (κ3) is 2.04. The molecule has 0 aliphatic carbocycles. The van der Waals surface area contributed by atoms with Crippen LogP contribution < -0.4 is 0 Å². The van der Waals surface area contributed by atoms with Gasteiger partial charge in [0.15, 0.2) is 5.17 Å². The molecular formula is C17H18N2S2. The number of benzene rings is 1. The molecule has 0 amide bonds. The summed E-state index contributed by atoms with van der Waals surface area (Å²) in [6.45, 7) is 8.73. The number of hydrogen-bond acceptors (Lipinski definition) is 4. The fraction of sp³-hybridized carbons (Fsp3) is 0.353. The van der Waals surface area contributed by atoms with Gasteiger partial charge >= 0.3 is 0 Å². The highest BCUT2D eigenvalue weighted by Gasteiger charge is 2.34. The molecule has 0 atom stereocenters. The smallest absolute Gasteiger partial charge is 0.168 e. The zero-order chi connectivity index (χ0) is 14.6. The molecule has 0 N–H and O–H groups in total. The molecule has 2 aromatic rings. The van der Waals surface area contributed by atoms with Gasteiger partial charge in [-0.25, -0.2) is 0 Å². The van der Waals surface area contributed by atoms with Gasteiger partial charge in [-0.05, 0) is 47.4 Å². The Morgan fingerprint density at radius 1 is 1.29 bits per heavy atom. The van der Waals surface area contributed by atoms with Crippen molar-refractivity contribution in [2.45, 2.75) is 20.8 Å². The van der Waals surface area contributed by atoms with E-state index < -0.39 is 0 Å². The first-order chi connectivity index (χ1) is 10.1. The maximum Gasteiger partial charge on any atom is 0.168 e. The summed E-state index contributed by atoms with van der Waals surface area (Å²) in [6.07, 6.45) is 0. The summed E-state index contributed by atoms with van der Waals surface area (Å²) in [5.41, 5.74) is 4.12. The lowest BCUT2D eigenvalue weighted by Gasteiger charge is -2.19. The number of hydrogen-bond donors (Lipinski definition) is 0. The molecule has 2 aliphatic rings. The average molecular weight is 314 g/mol. The molecule has 0 radical (unpaired) electrons. The Hall–Kier alpha value is -1.26. The van der Waals surface area contributed by atoms with E-state index in [0.717, 1.165) is 13.1 Å². The summed E-state index contributed by atoms with van der Waals surface area (Å²) in [5.74, 6) is 0.539. The lowest BCUT2D eigenvalue weighted by atomic mass is 10.0. The Bertz CT molecular complexity index is 783. The van der Waals surface area contributed by atoms with Gasteiger partial charge in [-0.1, -0.05) is 25.6 Å². The quantitative estimate of drug-likeness (QED) is 0.779. The van der Waals surface area contributed by atoms with Crippen LogP contribution in [0.1, 0.15) is 25.0 Å². The molecule has 1 aromatic carbocycles. The number of allylic oxidation sites excluding steroid dienone is 1. The Labute approximate surface area is 133 Å². The average Bonchev–Trinajstić information content (AvgIpc) is 3.12. The molecule has 2 aliphatic heterocycles. The first-order valence-electron chi connectivity index (χ1n) is 7.37. The SMILES string of the molecule is Cc1cc(C2=C(C(C)C)SC3=NCCN32)cc2sccc12. The standard InChI is InChI=1S/C17H18N2S2/c1-10(2)16-15(19-6-5-18-17(19)21-16)12-8-11(3)13-4-7-20-14(13)9-12/h4,7-10H,5-6H2,1-3H3. The molecule has 21 heavy (non-hydrogen) atoms. The molecule has 0 spiro atoms. The summed E-state index contributed by atoms with van der Waals surface area (Å²) >= 11 is 3.70. The minimum Gasteiger partial charge on any atom is -0.318 e. The van der Waals surface area contributed by atoms with Gasteiger partial charge in [0.1, 0.15) is 0 Å². The molecule has 2 nitrogen and oxygen atoms in total. The van der Waals surface area contributed by atoms with E-state index in [1.807, 2.05) is 23.1 Å². The topological polar surface area (TPSA) is 15.6 Å². The monoisotopic (exact) mass is 314 g/mol. The number of thioether (sulfide) groups is 1. The minimum atomic E-state index is 0.539. The van der Waals surface area contributed by atoms with Crippen molar-refractivity contribution in [3.8, 4) is 0 Å². The molecule has 0 saturated heterocycles. The molecule has 0 bridgehead atoms. The molecule has 3 heterocycles. The molecule has 108 valence electrons. The van der Waals surface area contributed by atoms with Crippen LogP contribution >= 0.6 is 23.1 Å². The highest BCUT2D eigenvalue weighted by Crippen LogP contribution is 2.45. The Kier molecular flexibility index (Phi) is 3.12. The van der Waals surface area contributed by atoms with Crippen LogP contribution in [0, 0.1) is 12.8 Å². The highest BCUT2D eigenvalue weighted by atomic mass is 32.2. The fourth-order valence-corrected chi connectivity index (χ4v) is 5.19. The van der Waals surface area contributed by atoms with Crippen molar-refractivity contribution in [1.29, 1.82) is 0 Å². The van der Waals surface area contributed by atoms with E-state index in [2.05, 4.69) is 54.2 Å². The zero-order valence-electron chi connectivity index (χ0n) is 12.5. The Morgan fingerprint density at radius 3 is 2.95 bits per heavy atom. The Balaban J connectivity index is 1.92. The van der Waals surface area contributed by atoms with Crippen LogP contribution in [0.25, 0.3) is 15.8 Å². The van der Waals surface area contributed by atoms with Crippen LogP contribution in [0.4, 0.5) is 0 Å². The van der Waals surface area contributed by atoms with Crippen molar-refractivity contribution in [3.63, 3.8) is 0 Å². The predicted octanol–water partition coefficient (Wildman–Crippen LogP) is 4.95. The number of fused-ring (bicyclic) bond motifs is 2. The third-order valence-corrected chi connectivity index (χ3v) is 6.36. The summed E-state index contributed by atoms with van der Waals surface area (Å²) in [4.78, 5) is 8.52. The minimum absolute atomic E-state index is 0.539. The fourth-order valence-electron chi connectivity index (χ4n) is 3.08. The van der Waals surface area contributed by atoms with Crippen molar-refractivity contribution in [2.75, 3.05) is 13.1 Å². The van der Waals surface area contributed by atoms with Crippen molar-refractivity contribution in [3.05, 3.63) is 39.6 Å². The lowest BCUT2D eigenvalue weighted by molar-refractivity contribution is 0.641. The maximum absolute atomic E-state index is 4.65. The zero-order valence-corrected chi connectivity index (χ0v) is 14.1. The number of aliphatic imine (C=N–C) groups is 1. The normalized spacial score (nSPS) is 18.1. The number of amidine groups is 1. The van der Waals surface area contributed by atoms with E-state index in [1.54, 1.807) is 0 Å². The maximum atomic E-state index is 4.65. The van der Waals surface area contributed by atoms with Crippen LogP contribution in [-0.4, -0.2) is 23.2 Å². The van der Waals surface area contributed by atoms with Crippen molar-refractivity contribution < 1.29 is 0 Å². The van der Waals surface area contributed by atoms with Gasteiger partial charge in [0.05, 0.1) is 12.2 Å². The highest BCUT2D eigenvalue weighted by molar-refractivity contribution is 8.17. The van der Waals surface area contributed by atoms with E-state index in [-0.39, 0.29) is 0 Å². The molecule has 1 aromatic heterocycles. The van der Waals surface area contributed by atoms with Gasteiger partial charge in [-0.15, -0.1) is 11.3 Å². The predicted molar refractivity (Wildman–Crippen MR) is 94.9 cm³/mol. The number of thiophene rings is 1. The summed E-state index contributed by atoms with van der Waals surface area (Å²) in [7, 11) is 0. The Morgan fingerprint density at radius 2 is 2.14 bits per heavy atom. The van der Waals surface area contributed by atoms with Crippen LogP contribution in [0.5, 0.6) is 0 Å². The van der Waals surface area contributed by atoms with Crippen molar-refractivity contribution in [1.82, 2.24) is 4.90 Å². The summed E-state index contributed by atoms with van der Waals surface area (Å²) < 4.78 is 1.38. The molecule has 4 heteroatoms. The lowest BCUT2D eigenvalue weighted by Crippen LogP contribution is -2.20. The second-order valence-electron chi connectivity index (χ2n) is 5.91. The van der Waals surface area contributed by atoms with Gasteiger partial charge in [0.25, 0.3) is 0 Å². The van der Waals surface area contributed by atoms with Crippen LogP contribution in [0.3, 0.4) is 0 Å². The van der Waals surface area contributed by atoms with Gasteiger partial charge in [0.2, 0.25) is 0 Å². The third-order valence-electron chi connectivity index (χ3n) is 4.08. The second kappa shape index (κ2) is 4.89. The second-order valence-corrected chi connectivity index (χ2v) is 7.87. The van der Waals surface area contributed by atoms with Gasteiger partial charge in [-0.3, -0.25) is 4.99 Å². The molecule has 0 unspecified atom stereocenters. The number of nitrogens with zero attached hydrogens (tertiary/aromatic N) is 2. The van der Waals surface area contributed by atoms with Crippen LogP contribution in [0.15, 0.2) is 33.5 Å². The van der Waals surface area contributed by atoms with E-state index in [1.165, 1.54) is 37.0 Å². The summed E-state index contributed by atoms with van der Waals surface area (Å²) in [6, 6.07) is 6.92. The molecule has 0 fully saturated rings. The molecular weight excluding hydrogens is 296 g/mol. The van der Waals surface area contributed by atoms with E-state index in [9.17, 15) is 0 Å². The summed E-state index contributed by atoms with van der Waals surface area (Å²) in [5, 5.41) is 4.76. The van der Waals surface area contributed by atoms with Gasteiger partial charge in [0, 0.05) is 21.7 Å². The first-order valence-corrected chi connectivity index (χ1v) is 9.07. The van der Waals surface area contributed by atoms with Crippen LogP contribution in [0.2, 0.25) is 0 Å². The van der Waals surface area contributed by atoms with E-state index in [0.29, 0.717) is 5.92 Å². The largest absolute Gasteiger partial charge is 0.318 e. The van der Waals surface area contributed by atoms with Gasteiger partial charge in [-0.2, -0.15) is 0 Å². The molecule has 4 rings (SSSR count). The van der Waals surface area contributed by atoms with Crippen LogP contribution in [-0.2, 0) is 0 Å². The van der Waals surface area contributed by atoms with Gasteiger partial charge < -0.3 is 4.90 Å².